The van der Waals surface area contributed by atoms with Gasteiger partial charge < -0.3 is 10.6 Å². The zero-order chi connectivity index (χ0) is 13.4. The molecule has 2 aliphatic heterocycles. The van der Waals surface area contributed by atoms with E-state index in [9.17, 15) is 9.59 Å². The van der Waals surface area contributed by atoms with Crippen LogP contribution in [-0.2, 0) is 9.59 Å². The van der Waals surface area contributed by atoms with Crippen molar-refractivity contribution in [2.24, 2.45) is 0 Å². The summed E-state index contributed by atoms with van der Waals surface area (Å²) in [6.07, 6.45) is 3.34. The minimum atomic E-state index is -0.687. The van der Waals surface area contributed by atoms with Crippen LogP contribution in [-0.4, -0.2) is 33.9 Å². The quantitative estimate of drug-likeness (QED) is 0.562. The summed E-state index contributed by atoms with van der Waals surface area (Å²) in [5.74, 6) is -0.533. The van der Waals surface area contributed by atoms with E-state index >= 15 is 0 Å². The molecule has 0 bridgehead atoms. The van der Waals surface area contributed by atoms with E-state index in [0.29, 0.717) is 5.13 Å². The van der Waals surface area contributed by atoms with Gasteiger partial charge in [-0.05, 0) is 6.92 Å². The molecule has 3 heterocycles. The second-order valence-electron chi connectivity index (χ2n) is 4.21. The van der Waals surface area contributed by atoms with Crippen molar-refractivity contribution in [1.82, 2.24) is 26.3 Å². The largest absolute Gasteiger partial charge is 0.327 e. The maximum absolute atomic E-state index is 12.1. The van der Waals surface area contributed by atoms with E-state index in [4.69, 9.17) is 0 Å². The predicted molar refractivity (Wildman–Crippen MR) is 68.3 cm³/mol. The van der Waals surface area contributed by atoms with Crippen LogP contribution in [0, 0.1) is 0 Å². The van der Waals surface area contributed by atoms with Crippen LogP contribution in [0.4, 0.5) is 5.13 Å². The lowest BCUT2D eigenvalue weighted by atomic mass is 10.1. The summed E-state index contributed by atoms with van der Waals surface area (Å²) in [5, 5.41) is 9.23. The summed E-state index contributed by atoms with van der Waals surface area (Å²) in [5.41, 5.74) is 6.31. The highest BCUT2D eigenvalue weighted by Crippen LogP contribution is 2.17. The molecule has 0 spiro atoms. The first-order chi connectivity index (χ1) is 9.15. The third-order valence-electron chi connectivity index (χ3n) is 2.83. The number of anilines is 1. The third kappa shape index (κ3) is 2.18. The van der Waals surface area contributed by atoms with Crippen molar-refractivity contribution >= 4 is 28.3 Å². The molecule has 0 saturated carbocycles. The lowest BCUT2D eigenvalue weighted by Crippen LogP contribution is -2.54. The average molecular weight is 280 g/mol. The van der Waals surface area contributed by atoms with E-state index in [1.807, 2.05) is 0 Å². The van der Waals surface area contributed by atoms with Crippen LogP contribution >= 0.6 is 11.3 Å². The molecule has 0 aliphatic carbocycles. The van der Waals surface area contributed by atoms with Crippen molar-refractivity contribution < 1.29 is 9.59 Å². The van der Waals surface area contributed by atoms with Crippen molar-refractivity contribution in [1.29, 1.82) is 0 Å². The molecule has 2 atom stereocenters. The number of rotatable bonds is 2. The van der Waals surface area contributed by atoms with Gasteiger partial charge >= 0.3 is 0 Å². The van der Waals surface area contributed by atoms with Crippen molar-refractivity contribution in [2.45, 2.75) is 19.0 Å². The van der Waals surface area contributed by atoms with Gasteiger partial charge in [0.2, 0.25) is 5.91 Å². The number of nitrogens with one attached hydrogen (secondary N) is 4. The Morgan fingerprint density at radius 3 is 3.16 bits per heavy atom. The topological polar surface area (TPSA) is 98.4 Å². The molecule has 100 valence electrons. The number of fused-ring (bicyclic) bond motifs is 1. The standard InChI is InChI=1S/C10H12N6O2S/c1-5-4-16-7(9(18)12-5)6(14-15-16)8(17)13-10-11-2-3-19-10/h2-4,6-7,14-15H,1H3,(H,12,18)(H,11,13,17). The van der Waals surface area contributed by atoms with Gasteiger partial charge in [-0.25, -0.2) is 10.4 Å². The number of thiazole rings is 1. The number of carbonyl (C=O) groups excluding carboxylic acids is 2. The summed E-state index contributed by atoms with van der Waals surface area (Å²) < 4.78 is 0. The van der Waals surface area contributed by atoms with Crippen LogP contribution < -0.4 is 21.6 Å². The summed E-state index contributed by atoms with van der Waals surface area (Å²) in [7, 11) is 0. The van der Waals surface area contributed by atoms with E-state index in [1.165, 1.54) is 11.3 Å². The molecule has 2 unspecified atom stereocenters. The number of aromatic nitrogens is 1. The Morgan fingerprint density at radius 1 is 1.58 bits per heavy atom. The first kappa shape index (κ1) is 12.1. The lowest BCUT2D eigenvalue weighted by Gasteiger charge is -2.27. The summed E-state index contributed by atoms with van der Waals surface area (Å²) >= 11 is 1.32. The Morgan fingerprint density at radius 2 is 2.42 bits per heavy atom. The van der Waals surface area contributed by atoms with Gasteiger partial charge in [0.25, 0.3) is 5.91 Å². The molecular weight excluding hydrogens is 268 g/mol. The predicted octanol–water partition coefficient (Wildman–Crippen LogP) is -0.865. The van der Waals surface area contributed by atoms with Gasteiger partial charge in [-0.2, -0.15) is 5.53 Å². The van der Waals surface area contributed by atoms with Crippen molar-refractivity contribution in [3.05, 3.63) is 23.5 Å². The van der Waals surface area contributed by atoms with Crippen LogP contribution in [0.15, 0.2) is 23.5 Å². The summed E-state index contributed by atoms with van der Waals surface area (Å²) in [6, 6.07) is -1.31. The number of amides is 2. The molecule has 4 N–H and O–H groups in total. The molecule has 0 radical (unpaired) electrons. The molecule has 1 saturated heterocycles. The fourth-order valence-electron chi connectivity index (χ4n) is 2.03. The van der Waals surface area contributed by atoms with Gasteiger partial charge in [-0.3, -0.25) is 14.6 Å². The molecular formula is C10H12N6O2S. The van der Waals surface area contributed by atoms with E-state index in [-0.39, 0.29) is 11.8 Å². The Bertz CT molecular complexity index is 542. The lowest BCUT2D eigenvalue weighted by molar-refractivity contribution is -0.129. The molecule has 3 rings (SSSR count). The van der Waals surface area contributed by atoms with Crippen molar-refractivity contribution in [3.63, 3.8) is 0 Å². The Labute approximate surface area is 112 Å². The number of carbonyl (C=O) groups is 2. The molecule has 2 aliphatic rings. The molecule has 0 aromatic carbocycles. The fourth-order valence-corrected chi connectivity index (χ4v) is 2.56. The van der Waals surface area contributed by atoms with Crippen LogP contribution in [0.1, 0.15) is 6.92 Å². The smallest absolute Gasteiger partial charge is 0.250 e. The Kier molecular flexibility index (Phi) is 2.93. The Balaban J connectivity index is 1.76. The summed E-state index contributed by atoms with van der Waals surface area (Å²) in [4.78, 5) is 28.0. The van der Waals surface area contributed by atoms with E-state index in [0.717, 1.165) is 5.70 Å². The molecule has 1 aromatic rings. The van der Waals surface area contributed by atoms with Crippen LogP contribution in [0.5, 0.6) is 0 Å². The zero-order valence-corrected chi connectivity index (χ0v) is 10.8. The van der Waals surface area contributed by atoms with Gasteiger partial charge in [0, 0.05) is 23.5 Å². The average Bonchev–Trinajstić information content (AvgIpc) is 2.97. The maximum Gasteiger partial charge on any atom is 0.250 e. The van der Waals surface area contributed by atoms with Gasteiger partial charge in [-0.15, -0.1) is 11.3 Å². The molecule has 19 heavy (non-hydrogen) atoms. The molecule has 8 nitrogen and oxygen atoms in total. The number of nitrogens with zero attached hydrogens (tertiary/aromatic N) is 2. The minimum Gasteiger partial charge on any atom is -0.327 e. The number of hydrogen-bond donors (Lipinski definition) is 4. The first-order valence-corrected chi connectivity index (χ1v) is 6.52. The van der Waals surface area contributed by atoms with Crippen molar-refractivity contribution in [3.8, 4) is 0 Å². The maximum atomic E-state index is 12.1. The highest BCUT2D eigenvalue weighted by atomic mass is 32.1. The normalized spacial score (nSPS) is 25.6. The second-order valence-corrected chi connectivity index (χ2v) is 5.11. The van der Waals surface area contributed by atoms with E-state index < -0.39 is 12.1 Å². The van der Waals surface area contributed by atoms with Gasteiger partial charge in [0.15, 0.2) is 11.2 Å². The second kappa shape index (κ2) is 4.61. The van der Waals surface area contributed by atoms with Crippen LogP contribution in [0.2, 0.25) is 0 Å². The highest BCUT2D eigenvalue weighted by molar-refractivity contribution is 7.13. The number of hydrazine groups is 2. The van der Waals surface area contributed by atoms with Gasteiger partial charge in [0.1, 0.15) is 6.04 Å². The minimum absolute atomic E-state index is 0.225. The highest BCUT2D eigenvalue weighted by Gasteiger charge is 2.44. The molecule has 1 aromatic heterocycles. The number of hydrogen-bond acceptors (Lipinski definition) is 7. The van der Waals surface area contributed by atoms with Crippen LogP contribution in [0.3, 0.4) is 0 Å². The van der Waals surface area contributed by atoms with Gasteiger partial charge in [0.05, 0.1) is 0 Å². The van der Waals surface area contributed by atoms with Crippen LogP contribution in [0.25, 0.3) is 0 Å². The molecule has 9 heteroatoms. The van der Waals surface area contributed by atoms with Crippen molar-refractivity contribution in [2.75, 3.05) is 5.32 Å². The molecule has 1 fully saturated rings. The summed E-state index contributed by atoms with van der Waals surface area (Å²) in [6.45, 7) is 1.78. The Hall–Kier alpha value is -1.97. The zero-order valence-electron chi connectivity index (χ0n) is 10.0. The van der Waals surface area contributed by atoms with E-state index in [2.05, 4.69) is 26.6 Å². The third-order valence-corrected chi connectivity index (χ3v) is 3.52. The SMILES string of the molecule is CC1=CN2NNC(C(=O)Nc3nccs3)C2C(=O)N1. The van der Waals surface area contributed by atoms with E-state index in [1.54, 1.807) is 29.7 Å². The monoisotopic (exact) mass is 280 g/mol. The van der Waals surface area contributed by atoms with Gasteiger partial charge in [-0.1, -0.05) is 0 Å². The number of allylic oxidation sites excluding steroid dienone is 1. The molecule has 2 amide bonds. The fraction of sp³-hybridized carbons (Fsp3) is 0.300. The first-order valence-electron chi connectivity index (χ1n) is 5.64.